The molecule has 2 N–H and O–H groups in total. The van der Waals surface area contributed by atoms with E-state index in [0.29, 0.717) is 10.8 Å². The van der Waals surface area contributed by atoms with Gasteiger partial charge < -0.3 is 10.4 Å². The Bertz CT molecular complexity index is 1440. The standard InChI is InChI=1S/C22H24FNO8S3/c1-5-33(27,28)20(34(29,30)6-2)19-12-9-17(13-15(19)3)24-21(25)22(4,26)14-35(31,32)18-10-7-16(23)8-11-18/h5-13,20,26H,1-2,14H2,3-4H3,(H,24,25)/t22-/m0/s1. The predicted molar refractivity (Wildman–Crippen MR) is 130 cm³/mol. The molecule has 0 aliphatic carbocycles. The number of anilines is 1. The van der Waals surface area contributed by atoms with Crippen molar-refractivity contribution in [2.24, 2.45) is 0 Å². The molecule has 0 aromatic heterocycles. The minimum atomic E-state index is -4.33. The molecule has 0 heterocycles. The smallest absolute Gasteiger partial charge is 0.257 e. The summed E-state index contributed by atoms with van der Waals surface area (Å²) in [7, 11) is -12.8. The first kappa shape index (κ1) is 28.4. The van der Waals surface area contributed by atoms with Gasteiger partial charge in [-0.15, -0.1) is 0 Å². The van der Waals surface area contributed by atoms with Gasteiger partial charge >= 0.3 is 0 Å². The van der Waals surface area contributed by atoms with Gasteiger partial charge in [0.1, 0.15) is 5.82 Å². The second kappa shape index (κ2) is 10.0. The van der Waals surface area contributed by atoms with E-state index in [4.69, 9.17) is 0 Å². The maximum atomic E-state index is 13.1. The number of aliphatic hydroxyl groups is 1. The first-order valence-corrected chi connectivity index (χ1v) is 14.7. The predicted octanol–water partition coefficient (Wildman–Crippen LogP) is 2.41. The van der Waals surface area contributed by atoms with Crippen LogP contribution < -0.4 is 5.32 Å². The van der Waals surface area contributed by atoms with Gasteiger partial charge in [0.05, 0.1) is 10.6 Å². The van der Waals surface area contributed by atoms with E-state index in [1.165, 1.54) is 25.1 Å². The zero-order valence-corrected chi connectivity index (χ0v) is 21.3. The summed E-state index contributed by atoms with van der Waals surface area (Å²) in [6, 6.07) is 7.51. The van der Waals surface area contributed by atoms with Gasteiger partial charge in [-0.1, -0.05) is 19.2 Å². The van der Waals surface area contributed by atoms with E-state index in [1.807, 2.05) is 0 Å². The molecule has 1 atom stereocenters. The topological polar surface area (TPSA) is 152 Å². The lowest BCUT2D eigenvalue weighted by atomic mass is 10.1. The van der Waals surface area contributed by atoms with Crippen LogP contribution in [0.1, 0.15) is 22.6 Å². The summed E-state index contributed by atoms with van der Waals surface area (Å²) >= 11 is 0. The molecule has 0 aliphatic rings. The van der Waals surface area contributed by atoms with Gasteiger partial charge in [0.2, 0.25) is 0 Å². The summed E-state index contributed by atoms with van der Waals surface area (Å²) in [4.78, 5) is 12.3. The van der Waals surface area contributed by atoms with Gasteiger partial charge in [0.15, 0.2) is 39.7 Å². The number of amides is 1. The fourth-order valence-electron chi connectivity index (χ4n) is 3.16. The Morgan fingerprint density at radius 2 is 1.54 bits per heavy atom. The molecule has 1 amide bonds. The highest BCUT2D eigenvalue weighted by Crippen LogP contribution is 2.34. The molecule has 2 aromatic rings. The Labute approximate surface area is 203 Å². The quantitative estimate of drug-likeness (QED) is 0.432. The third-order valence-electron chi connectivity index (χ3n) is 4.98. The average Bonchev–Trinajstić information content (AvgIpc) is 2.74. The molecule has 0 spiro atoms. The van der Waals surface area contributed by atoms with Gasteiger partial charge in [0.25, 0.3) is 5.91 Å². The lowest BCUT2D eigenvalue weighted by Crippen LogP contribution is -2.45. The first-order valence-electron chi connectivity index (χ1n) is 9.82. The number of aryl methyl sites for hydroxylation is 1. The van der Waals surface area contributed by atoms with Gasteiger partial charge in [0, 0.05) is 16.5 Å². The van der Waals surface area contributed by atoms with Crippen LogP contribution >= 0.6 is 0 Å². The molecule has 9 nitrogen and oxygen atoms in total. The summed E-state index contributed by atoms with van der Waals surface area (Å²) in [6.45, 7) is 8.70. The molecule has 0 saturated carbocycles. The highest BCUT2D eigenvalue weighted by Gasteiger charge is 2.38. The molecule has 0 unspecified atom stereocenters. The van der Waals surface area contributed by atoms with Crippen LogP contribution in [0.2, 0.25) is 0 Å². The van der Waals surface area contributed by atoms with E-state index in [1.54, 1.807) is 0 Å². The van der Waals surface area contributed by atoms with E-state index in [9.17, 15) is 39.5 Å². The normalized spacial score (nSPS) is 14.2. The molecule has 13 heteroatoms. The van der Waals surface area contributed by atoms with Crippen molar-refractivity contribution in [3.8, 4) is 0 Å². The number of carbonyl (C=O) groups is 1. The van der Waals surface area contributed by atoms with Crippen LogP contribution in [0, 0.1) is 12.7 Å². The summed E-state index contributed by atoms with van der Waals surface area (Å²) in [6.07, 6.45) is 0. The fraction of sp³-hybridized carbons (Fsp3) is 0.227. The summed E-state index contributed by atoms with van der Waals surface area (Å²) in [5.74, 6) is -2.76. The molecule has 2 aromatic carbocycles. The van der Waals surface area contributed by atoms with Gasteiger partial charge in [-0.2, -0.15) is 0 Å². The second-order valence-electron chi connectivity index (χ2n) is 7.86. The van der Waals surface area contributed by atoms with Crippen molar-refractivity contribution in [2.75, 3.05) is 11.1 Å². The highest BCUT2D eigenvalue weighted by atomic mass is 32.3. The minimum absolute atomic E-state index is 0.0430. The molecule has 0 radical (unpaired) electrons. The maximum absolute atomic E-state index is 13.1. The van der Waals surface area contributed by atoms with E-state index >= 15 is 0 Å². The molecular weight excluding hydrogens is 521 g/mol. The Kier molecular flexibility index (Phi) is 8.11. The van der Waals surface area contributed by atoms with Crippen LogP contribution in [0.25, 0.3) is 0 Å². The van der Waals surface area contributed by atoms with Crippen LogP contribution in [0.15, 0.2) is 71.3 Å². The first-order chi connectivity index (χ1) is 16.0. The number of carbonyl (C=O) groups excluding carboxylic acids is 1. The molecule has 0 saturated heterocycles. The Balaban J connectivity index is 2.34. The van der Waals surface area contributed by atoms with Crippen molar-refractivity contribution in [1.82, 2.24) is 0 Å². The Hall–Kier alpha value is -2.87. The molecule has 0 bridgehead atoms. The highest BCUT2D eigenvalue weighted by molar-refractivity contribution is 8.11. The van der Waals surface area contributed by atoms with Crippen molar-refractivity contribution in [2.45, 2.75) is 28.9 Å². The zero-order valence-electron chi connectivity index (χ0n) is 18.8. The Morgan fingerprint density at radius 3 is 2.00 bits per heavy atom. The lowest BCUT2D eigenvalue weighted by molar-refractivity contribution is -0.130. The molecule has 0 fully saturated rings. The molecule has 35 heavy (non-hydrogen) atoms. The van der Waals surface area contributed by atoms with Crippen molar-refractivity contribution in [3.05, 3.63) is 83.4 Å². The minimum Gasteiger partial charge on any atom is -0.379 e. The maximum Gasteiger partial charge on any atom is 0.257 e. The van der Waals surface area contributed by atoms with E-state index in [-0.39, 0.29) is 21.7 Å². The van der Waals surface area contributed by atoms with Crippen molar-refractivity contribution < 1.29 is 39.5 Å². The summed E-state index contributed by atoms with van der Waals surface area (Å²) in [5, 5.41) is 13.9. The number of benzene rings is 2. The Morgan fingerprint density at radius 1 is 1.03 bits per heavy atom. The van der Waals surface area contributed by atoms with Crippen molar-refractivity contribution >= 4 is 41.1 Å². The monoisotopic (exact) mass is 545 g/mol. The molecule has 2 rings (SSSR count). The number of rotatable bonds is 10. The average molecular weight is 546 g/mol. The van der Waals surface area contributed by atoms with E-state index < -0.39 is 57.2 Å². The fourth-order valence-corrected chi connectivity index (χ4v) is 8.30. The number of halogens is 1. The largest absolute Gasteiger partial charge is 0.379 e. The number of nitrogens with one attached hydrogen (secondary N) is 1. The third-order valence-corrected chi connectivity index (χ3v) is 11.1. The summed E-state index contributed by atoms with van der Waals surface area (Å²) < 4.78 is 85.7. The van der Waals surface area contributed by atoms with Gasteiger partial charge in [-0.25, -0.2) is 29.6 Å². The van der Waals surface area contributed by atoms with Crippen LogP contribution in [0.3, 0.4) is 0 Å². The van der Waals surface area contributed by atoms with Gasteiger partial charge in [-0.3, -0.25) is 4.79 Å². The van der Waals surface area contributed by atoms with Gasteiger partial charge in [-0.05, 0) is 61.4 Å². The van der Waals surface area contributed by atoms with Crippen molar-refractivity contribution in [3.63, 3.8) is 0 Å². The number of sulfone groups is 3. The van der Waals surface area contributed by atoms with E-state index in [2.05, 4.69) is 18.5 Å². The van der Waals surface area contributed by atoms with Crippen LogP contribution in [-0.4, -0.2) is 47.6 Å². The SMILES string of the molecule is C=CS(=O)(=O)C(c1ccc(NC(=O)[C@@](C)(O)CS(=O)(=O)c2ccc(F)cc2)cc1C)S(=O)(=O)C=C. The zero-order chi connectivity index (χ0) is 26.8. The lowest BCUT2D eigenvalue weighted by Gasteiger charge is -2.23. The molecule has 0 aliphatic heterocycles. The molecular formula is C22H24FNO8S3. The van der Waals surface area contributed by atoms with Crippen LogP contribution in [-0.2, 0) is 34.3 Å². The number of hydrogen-bond donors (Lipinski definition) is 2. The van der Waals surface area contributed by atoms with Crippen LogP contribution in [0.5, 0.6) is 0 Å². The van der Waals surface area contributed by atoms with Crippen molar-refractivity contribution in [1.29, 1.82) is 0 Å². The van der Waals surface area contributed by atoms with E-state index in [0.717, 1.165) is 31.2 Å². The van der Waals surface area contributed by atoms with Crippen LogP contribution in [0.4, 0.5) is 10.1 Å². The summed E-state index contributed by atoms with van der Waals surface area (Å²) in [5.41, 5.74) is -2.29. The molecule has 190 valence electrons. The third kappa shape index (κ3) is 6.42. The number of hydrogen-bond acceptors (Lipinski definition) is 8. The second-order valence-corrected chi connectivity index (χ2v) is 14.1.